The van der Waals surface area contributed by atoms with Crippen molar-refractivity contribution in [1.29, 1.82) is 0 Å². The predicted molar refractivity (Wildman–Crippen MR) is 76.5 cm³/mol. The molecule has 0 atom stereocenters. The molecule has 20 heavy (non-hydrogen) atoms. The van der Waals surface area contributed by atoms with E-state index in [2.05, 4.69) is 11.8 Å². The summed E-state index contributed by atoms with van der Waals surface area (Å²) in [5.74, 6) is 5.57. The molecule has 0 amide bonds. The van der Waals surface area contributed by atoms with Crippen LogP contribution in [0.1, 0.15) is 30.0 Å². The number of aromatic nitrogens is 2. The van der Waals surface area contributed by atoms with Gasteiger partial charge in [0.05, 0.1) is 6.54 Å². The lowest BCUT2D eigenvalue weighted by Crippen LogP contribution is -2.24. The molecule has 0 saturated heterocycles. The fourth-order valence-electron chi connectivity index (χ4n) is 2.28. The monoisotopic (exact) mass is 268 g/mol. The van der Waals surface area contributed by atoms with Crippen molar-refractivity contribution in [3.8, 4) is 11.8 Å². The van der Waals surface area contributed by atoms with Gasteiger partial charge in [0.15, 0.2) is 0 Å². The molecule has 1 aliphatic rings. The molecule has 102 valence electrons. The normalized spacial score (nSPS) is 13.8. The first kappa shape index (κ1) is 12.8. The van der Waals surface area contributed by atoms with Gasteiger partial charge in [0.25, 0.3) is 0 Å². The van der Waals surface area contributed by atoms with Crippen LogP contribution in [0, 0.1) is 11.8 Å². The summed E-state index contributed by atoms with van der Waals surface area (Å²) >= 11 is 0. The summed E-state index contributed by atoms with van der Waals surface area (Å²) in [6.07, 6.45) is 5.89. The number of hydrogen-bond acceptors (Lipinski definition) is 2. The maximum Gasteiger partial charge on any atom is 0.328 e. The lowest BCUT2D eigenvalue weighted by molar-refractivity contribution is 0.350. The van der Waals surface area contributed by atoms with Gasteiger partial charge in [-0.15, -0.1) is 0 Å². The van der Waals surface area contributed by atoms with E-state index in [0.717, 1.165) is 24.0 Å². The Balaban J connectivity index is 1.89. The van der Waals surface area contributed by atoms with Crippen molar-refractivity contribution in [2.75, 3.05) is 6.61 Å². The third kappa shape index (κ3) is 2.54. The van der Waals surface area contributed by atoms with E-state index in [9.17, 15) is 4.79 Å². The van der Waals surface area contributed by atoms with Crippen molar-refractivity contribution in [1.82, 2.24) is 9.13 Å². The highest BCUT2D eigenvalue weighted by Gasteiger charge is 2.25. The Hall–Kier alpha value is -2.25. The van der Waals surface area contributed by atoms with Gasteiger partial charge in [-0.1, -0.05) is 30.0 Å². The number of rotatable bonds is 3. The Kier molecular flexibility index (Phi) is 3.44. The summed E-state index contributed by atoms with van der Waals surface area (Å²) in [6, 6.07) is 8.10. The zero-order chi connectivity index (χ0) is 13.9. The van der Waals surface area contributed by atoms with E-state index in [1.807, 2.05) is 41.2 Å². The van der Waals surface area contributed by atoms with E-state index >= 15 is 0 Å². The molecule has 0 radical (unpaired) electrons. The van der Waals surface area contributed by atoms with Gasteiger partial charge < -0.3 is 5.11 Å². The van der Waals surface area contributed by atoms with E-state index in [4.69, 9.17) is 5.11 Å². The first-order chi connectivity index (χ1) is 9.79. The van der Waals surface area contributed by atoms with Crippen LogP contribution in [0.2, 0.25) is 0 Å². The van der Waals surface area contributed by atoms with Crippen LogP contribution in [-0.2, 0) is 6.54 Å². The molecule has 4 nitrogen and oxygen atoms in total. The Morgan fingerprint density at radius 3 is 2.80 bits per heavy atom. The van der Waals surface area contributed by atoms with E-state index in [0.29, 0.717) is 12.6 Å². The standard InChI is InChI=1S/C16H16N2O2/c19-11-3-6-13-4-1-2-5-14(13)12-17-9-10-18(16(17)20)15-7-8-15/h1-2,4-5,9-10,15,19H,7-8,11-12H2. The quantitative estimate of drug-likeness (QED) is 0.855. The van der Waals surface area contributed by atoms with Gasteiger partial charge in [-0.3, -0.25) is 9.13 Å². The second-order valence-corrected chi connectivity index (χ2v) is 4.96. The van der Waals surface area contributed by atoms with Crippen LogP contribution >= 0.6 is 0 Å². The third-order valence-electron chi connectivity index (χ3n) is 3.47. The highest BCUT2D eigenvalue weighted by atomic mass is 16.2. The number of aliphatic hydroxyl groups is 1. The van der Waals surface area contributed by atoms with Crippen molar-refractivity contribution in [3.05, 3.63) is 58.3 Å². The average Bonchev–Trinajstić information content (AvgIpc) is 3.24. The molecule has 0 bridgehead atoms. The molecular formula is C16H16N2O2. The summed E-state index contributed by atoms with van der Waals surface area (Å²) < 4.78 is 3.51. The summed E-state index contributed by atoms with van der Waals surface area (Å²) in [4.78, 5) is 12.2. The summed E-state index contributed by atoms with van der Waals surface area (Å²) in [5, 5.41) is 8.79. The number of nitrogens with zero attached hydrogens (tertiary/aromatic N) is 2. The largest absolute Gasteiger partial charge is 0.384 e. The summed E-state index contributed by atoms with van der Waals surface area (Å²) in [7, 11) is 0. The Morgan fingerprint density at radius 2 is 2.05 bits per heavy atom. The minimum absolute atomic E-state index is 0.0393. The van der Waals surface area contributed by atoms with Gasteiger partial charge in [-0.25, -0.2) is 4.79 Å². The molecule has 1 aromatic carbocycles. The van der Waals surface area contributed by atoms with Gasteiger partial charge >= 0.3 is 5.69 Å². The van der Waals surface area contributed by atoms with Crippen LogP contribution in [0.4, 0.5) is 0 Å². The van der Waals surface area contributed by atoms with E-state index in [1.165, 1.54) is 0 Å². The molecule has 4 heteroatoms. The molecule has 1 aromatic heterocycles. The van der Waals surface area contributed by atoms with Crippen LogP contribution < -0.4 is 5.69 Å². The van der Waals surface area contributed by atoms with Crippen molar-refractivity contribution in [2.24, 2.45) is 0 Å². The maximum absolute atomic E-state index is 12.2. The summed E-state index contributed by atoms with van der Waals surface area (Å²) in [5.41, 5.74) is 1.88. The van der Waals surface area contributed by atoms with Crippen molar-refractivity contribution in [3.63, 3.8) is 0 Å². The highest BCUT2D eigenvalue weighted by Crippen LogP contribution is 2.33. The molecule has 1 heterocycles. The van der Waals surface area contributed by atoms with E-state index in [-0.39, 0.29) is 12.3 Å². The maximum atomic E-state index is 12.2. The third-order valence-corrected chi connectivity index (χ3v) is 3.47. The Morgan fingerprint density at radius 1 is 1.25 bits per heavy atom. The molecular weight excluding hydrogens is 252 g/mol. The van der Waals surface area contributed by atoms with E-state index in [1.54, 1.807) is 4.57 Å². The average molecular weight is 268 g/mol. The fraction of sp³-hybridized carbons (Fsp3) is 0.312. The van der Waals surface area contributed by atoms with Gasteiger partial charge in [0.2, 0.25) is 0 Å². The fourth-order valence-corrected chi connectivity index (χ4v) is 2.28. The van der Waals surface area contributed by atoms with Crippen molar-refractivity contribution in [2.45, 2.75) is 25.4 Å². The first-order valence-electron chi connectivity index (χ1n) is 6.74. The number of benzene rings is 1. The second kappa shape index (κ2) is 5.40. The first-order valence-corrected chi connectivity index (χ1v) is 6.74. The van der Waals surface area contributed by atoms with Crippen molar-refractivity contribution < 1.29 is 5.11 Å². The lowest BCUT2D eigenvalue weighted by Gasteiger charge is -2.05. The van der Waals surface area contributed by atoms with Crippen LogP contribution in [0.15, 0.2) is 41.5 Å². The van der Waals surface area contributed by atoms with Crippen LogP contribution in [0.5, 0.6) is 0 Å². The molecule has 1 saturated carbocycles. The topological polar surface area (TPSA) is 47.2 Å². The van der Waals surface area contributed by atoms with Crippen LogP contribution in [0.25, 0.3) is 0 Å². The number of hydrogen-bond donors (Lipinski definition) is 1. The SMILES string of the molecule is O=c1n(Cc2ccccc2C#CCO)ccn1C1CC1. The highest BCUT2D eigenvalue weighted by molar-refractivity contribution is 5.41. The van der Waals surface area contributed by atoms with Gasteiger partial charge in [-0.2, -0.15) is 0 Å². The zero-order valence-corrected chi connectivity index (χ0v) is 11.1. The number of aliphatic hydroxyl groups excluding tert-OH is 1. The Labute approximate surface area is 117 Å². The lowest BCUT2D eigenvalue weighted by atomic mass is 10.1. The summed E-state index contributed by atoms with van der Waals surface area (Å²) in [6.45, 7) is 0.348. The van der Waals surface area contributed by atoms with Crippen LogP contribution in [0.3, 0.4) is 0 Å². The molecule has 0 unspecified atom stereocenters. The second-order valence-electron chi connectivity index (χ2n) is 4.96. The smallest absolute Gasteiger partial charge is 0.328 e. The van der Waals surface area contributed by atoms with E-state index < -0.39 is 0 Å². The molecule has 2 aromatic rings. The van der Waals surface area contributed by atoms with Gasteiger partial charge in [0.1, 0.15) is 6.61 Å². The van der Waals surface area contributed by atoms with Crippen molar-refractivity contribution >= 4 is 0 Å². The van der Waals surface area contributed by atoms with Crippen LogP contribution in [-0.4, -0.2) is 20.8 Å². The molecule has 0 spiro atoms. The minimum atomic E-state index is -0.160. The number of imidazole rings is 1. The molecule has 0 aliphatic heterocycles. The molecule has 1 fully saturated rings. The van der Waals surface area contributed by atoms with Gasteiger partial charge in [0, 0.05) is 24.0 Å². The minimum Gasteiger partial charge on any atom is -0.384 e. The molecule has 1 N–H and O–H groups in total. The Bertz CT molecular complexity index is 727. The predicted octanol–water partition coefficient (Wildman–Crippen LogP) is 1.38. The molecule has 3 rings (SSSR count). The molecule has 1 aliphatic carbocycles. The van der Waals surface area contributed by atoms with Gasteiger partial charge in [-0.05, 0) is 24.5 Å². The zero-order valence-electron chi connectivity index (χ0n) is 11.1.